The van der Waals surface area contributed by atoms with E-state index in [0.29, 0.717) is 0 Å². The van der Waals surface area contributed by atoms with E-state index >= 15 is 0 Å². The number of rotatable bonds is 10. The van der Waals surface area contributed by atoms with Crippen LogP contribution in [0.15, 0.2) is 17.7 Å². The highest BCUT2D eigenvalue weighted by molar-refractivity contribution is 6.36. The van der Waals surface area contributed by atoms with Gasteiger partial charge in [-0.15, -0.1) is 0 Å². The smallest absolute Gasteiger partial charge is 0.350 e. The Kier molecular flexibility index (Phi) is 9.80. The van der Waals surface area contributed by atoms with Gasteiger partial charge in [-0.2, -0.15) is 0 Å². The summed E-state index contributed by atoms with van der Waals surface area (Å²) in [7, 11) is 0. The van der Waals surface area contributed by atoms with Crippen LogP contribution in [-0.2, 0) is 23.8 Å². The molecule has 0 saturated heterocycles. The van der Waals surface area contributed by atoms with Crippen molar-refractivity contribution >= 4 is 41.0 Å². The van der Waals surface area contributed by atoms with E-state index in [1.165, 1.54) is 13.8 Å². The van der Waals surface area contributed by atoms with Crippen LogP contribution in [-0.4, -0.2) is 49.1 Å². The highest BCUT2D eigenvalue weighted by Crippen LogP contribution is 2.31. The number of hydrogen-bond donors (Lipinski definition) is 2. The summed E-state index contributed by atoms with van der Waals surface area (Å²) in [6.07, 6.45) is 0.853. The summed E-state index contributed by atoms with van der Waals surface area (Å²) in [5.74, 6) is -4.90. The maximum Gasteiger partial charge on any atom is 0.350 e. The minimum absolute atomic E-state index is 0.00209. The third kappa shape index (κ3) is 6.51. The van der Waals surface area contributed by atoms with Crippen molar-refractivity contribution in [1.82, 2.24) is 0 Å². The van der Waals surface area contributed by atoms with Gasteiger partial charge in [0.2, 0.25) is 5.60 Å². The Morgan fingerprint density at radius 2 is 1.72 bits per heavy atom. The molecule has 1 rings (SSSR count). The molecule has 0 radical (unpaired) electrons. The number of allylic oxidation sites excluding steroid dienone is 1. The molecule has 0 aliphatic heterocycles. The molecule has 0 heterocycles. The predicted octanol–water partition coefficient (Wildman–Crippen LogP) is 2.58. The van der Waals surface area contributed by atoms with E-state index in [9.17, 15) is 23.6 Å². The number of carbonyl (C=O) groups excluding carboxylic acids is 4. The normalized spacial score (nSPS) is 11.7. The van der Waals surface area contributed by atoms with E-state index in [2.05, 4.69) is 0 Å². The Hall–Kier alpha value is -2.98. The highest BCUT2D eigenvalue weighted by atomic mass is 35.5. The average Bonchev–Trinajstić information content (AvgIpc) is 2.71. The second-order valence-electron chi connectivity index (χ2n) is 6.93. The molecule has 0 aromatic heterocycles. The largest absolute Gasteiger partial charge is 0.463 e. The monoisotopic (exact) mass is 472 g/mol. The van der Waals surface area contributed by atoms with Crippen molar-refractivity contribution in [3.05, 3.63) is 39.7 Å². The Morgan fingerprint density at radius 1 is 1.12 bits per heavy atom. The van der Waals surface area contributed by atoms with Crippen LogP contribution in [0.5, 0.6) is 0 Å². The Labute approximate surface area is 189 Å². The zero-order valence-corrected chi connectivity index (χ0v) is 19.0. The number of carbonyl (C=O) groups is 4. The number of ketones is 1. The molecule has 0 spiro atoms. The SMILES string of the molecule is CCOC(=O)C(=CC(=O)c1cc(C(=O)OC(C)(C)C(=O)OCC)c(Cl)c(N)c1F)CCN. The zero-order valence-electron chi connectivity index (χ0n) is 18.3. The molecule has 9 nitrogen and oxygen atoms in total. The summed E-state index contributed by atoms with van der Waals surface area (Å²) < 4.78 is 29.5. The van der Waals surface area contributed by atoms with E-state index in [1.54, 1.807) is 13.8 Å². The first-order valence-electron chi connectivity index (χ1n) is 9.71. The number of nitrogen functional groups attached to an aromatic ring is 1. The fourth-order valence-corrected chi connectivity index (χ4v) is 2.68. The predicted molar refractivity (Wildman–Crippen MR) is 115 cm³/mol. The lowest BCUT2D eigenvalue weighted by molar-refractivity contribution is -0.162. The Balaban J connectivity index is 3.41. The minimum Gasteiger partial charge on any atom is -0.463 e. The molecule has 0 aliphatic rings. The fraction of sp³-hybridized carbons (Fsp3) is 0.429. The molecule has 0 aliphatic carbocycles. The molecule has 1 aromatic rings. The van der Waals surface area contributed by atoms with Crippen molar-refractivity contribution in [2.24, 2.45) is 5.73 Å². The van der Waals surface area contributed by atoms with Crippen molar-refractivity contribution in [2.45, 2.75) is 39.7 Å². The molecule has 0 atom stereocenters. The van der Waals surface area contributed by atoms with Crippen LogP contribution in [0.4, 0.5) is 10.1 Å². The van der Waals surface area contributed by atoms with Crippen LogP contribution < -0.4 is 11.5 Å². The molecular weight excluding hydrogens is 447 g/mol. The van der Waals surface area contributed by atoms with Crippen LogP contribution in [0.25, 0.3) is 0 Å². The number of nitrogens with two attached hydrogens (primary N) is 2. The van der Waals surface area contributed by atoms with Gasteiger partial charge in [0.25, 0.3) is 0 Å². The highest BCUT2D eigenvalue weighted by Gasteiger charge is 2.35. The van der Waals surface area contributed by atoms with Gasteiger partial charge in [-0.3, -0.25) is 4.79 Å². The van der Waals surface area contributed by atoms with Gasteiger partial charge in [0, 0.05) is 5.57 Å². The van der Waals surface area contributed by atoms with E-state index < -0.39 is 56.9 Å². The standard InChI is InChI=1S/C21H26ClFN2O7/c1-5-30-18(27)11(7-8-24)9-14(26)12-10-13(15(22)17(25)16(12)23)19(28)32-21(3,4)20(29)31-6-2/h9-10H,5-8,24-25H2,1-4H3. The van der Waals surface area contributed by atoms with Crippen molar-refractivity contribution in [3.8, 4) is 0 Å². The molecule has 1 aromatic carbocycles. The molecule has 0 amide bonds. The molecule has 176 valence electrons. The van der Waals surface area contributed by atoms with E-state index in [-0.39, 0.29) is 31.8 Å². The molecule has 32 heavy (non-hydrogen) atoms. The second-order valence-corrected chi connectivity index (χ2v) is 7.30. The second kappa shape index (κ2) is 11.6. The number of hydrogen-bond acceptors (Lipinski definition) is 9. The third-order valence-electron chi connectivity index (χ3n) is 4.09. The first kappa shape index (κ1) is 27.1. The van der Waals surface area contributed by atoms with Crippen molar-refractivity contribution < 1.29 is 37.8 Å². The number of halogens is 2. The van der Waals surface area contributed by atoms with E-state index in [1.807, 2.05) is 0 Å². The molecule has 11 heteroatoms. The average molecular weight is 473 g/mol. The summed E-state index contributed by atoms with van der Waals surface area (Å²) >= 11 is 5.99. The van der Waals surface area contributed by atoms with Gasteiger partial charge in [0.1, 0.15) is 0 Å². The van der Waals surface area contributed by atoms with Gasteiger partial charge in [-0.1, -0.05) is 11.6 Å². The van der Waals surface area contributed by atoms with Gasteiger partial charge < -0.3 is 25.7 Å². The topological polar surface area (TPSA) is 148 Å². The molecular formula is C21H26ClFN2O7. The Bertz CT molecular complexity index is 945. The first-order chi connectivity index (χ1) is 14.9. The number of benzene rings is 1. The lowest BCUT2D eigenvalue weighted by atomic mass is 10.0. The summed E-state index contributed by atoms with van der Waals surface area (Å²) in [6.45, 7) is 5.88. The molecule has 0 bridgehead atoms. The van der Waals surface area contributed by atoms with Gasteiger partial charge in [0.15, 0.2) is 11.6 Å². The molecule has 4 N–H and O–H groups in total. The van der Waals surface area contributed by atoms with Crippen LogP contribution >= 0.6 is 11.6 Å². The molecule has 0 fully saturated rings. The van der Waals surface area contributed by atoms with Crippen LogP contribution in [0.3, 0.4) is 0 Å². The van der Waals surface area contributed by atoms with Crippen molar-refractivity contribution in [2.75, 3.05) is 25.5 Å². The fourth-order valence-electron chi connectivity index (χ4n) is 2.47. The van der Waals surface area contributed by atoms with Gasteiger partial charge in [-0.05, 0) is 52.8 Å². The number of esters is 3. The zero-order chi connectivity index (χ0) is 24.6. The number of anilines is 1. The molecule has 0 unspecified atom stereocenters. The summed E-state index contributed by atoms with van der Waals surface area (Å²) in [5.41, 5.74) is 7.55. The van der Waals surface area contributed by atoms with Crippen LogP contribution in [0.2, 0.25) is 5.02 Å². The first-order valence-corrected chi connectivity index (χ1v) is 10.1. The lowest BCUT2D eigenvalue weighted by Crippen LogP contribution is -2.39. The minimum atomic E-state index is -1.69. The maximum absolute atomic E-state index is 14.7. The van der Waals surface area contributed by atoms with E-state index in [0.717, 1.165) is 12.1 Å². The molecule has 0 saturated carbocycles. The Morgan fingerprint density at radius 3 is 2.25 bits per heavy atom. The van der Waals surface area contributed by atoms with Crippen molar-refractivity contribution in [1.29, 1.82) is 0 Å². The van der Waals surface area contributed by atoms with E-state index in [4.69, 9.17) is 37.3 Å². The quantitative estimate of drug-likeness (QED) is 0.172. The lowest BCUT2D eigenvalue weighted by Gasteiger charge is -2.23. The van der Waals surface area contributed by atoms with Gasteiger partial charge in [-0.25, -0.2) is 18.8 Å². The van der Waals surface area contributed by atoms with Crippen LogP contribution in [0, 0.1) is 5.82 Å². The number of ether oxygens (including phenoxy) is 3. The summed E-state index contributed by atoms with van der Waals surface area (Å²) in [5, 5.41) is -0.500. The van der Waals surface area contributed by atoms with Gasteiger partial charge in [0.05, 0.1) is 35.1 Å². The van der Waals surface area contributed by atoms with Gasteiger partial charge >= 0.3 is 17.9 Å². The van der Waals surface area contributed by atoms with Crippen molar-refractivity contribution in [3.63, 3.8) is 0 Å². The summed E-state index contributed by atoms with van der Waals surface area (Å²) in [6, 6.07) is 0.835. The van der Waals surface area contributed by atoms with Crippen LogP contribution in [0.1, 0.15) is 54.8 Å². The summed E-state index contributed by atoms with van der Waals surface area (Å²) in [4.78, 5) is 49.3. The third-order valence-corrected chi connectivity index (χ3v) is 4.50. The maximum atomic E-state index is 14.7.